The van der Waals surface area contributed by atoms with Crippen LogP contribution in [0.15, 0.2) is 54.7 Å². The third-order valence-corrected chi connectivity index (χ3v) is 7.13. The van der Waals surface area contributed by atoms with Crippen molar-refractivity contribution in [1.29, 1.82) is 0 Å². The Bertz CT molecular complexity index is 1280. The van der Waals surface area contributed by atoms with Gasteiger partial charge in [-0.3, -0.25) is 14.6 Å². The summed E-state index contributed by atoms with van der Waals surface area (Å²) in [6.45, 7) is 0.484. The molecule has 2 amide bonds. The van der Waals surface area contributed by atoms with Gasteiger partial charge in [0, 0.05) is 43.0 Å². The average molecular weight is 484 g/mol. The smallest absolute Gasteiger partial charge is 0.251 e. The minimum absolute atomic E-state index is 0.00691. The van der Waals surface area contributed by atoms with Crippen LogP contribution in [-0.4, -0.2) is 23.8 Å². The molecule has 2 bridgehead atoms. The summed E-state index contributed by atoms with van der Waals surface area (Å²) in [6.07, 6.45) is 6.75. The summed E-state index contributed by atoms with van der Waals surface area (Å²) in [5, 5.41) is 9.44. The Kier molecular flexibility index (Phi) is 7.00. The van der Waals surface area contributed by atoms with E-state index < -0.39 is 0 Å². The molecule has 5 N–H and O–H groups in total. The number of benzene rings is 2. The van der Waals surface area contributed by atoms with E-state index >= 15 is 0 Å². The molecule has 1 unspecified atom stereocenters. The van der Waals surface area contributed by atoms with E-state index in [0.717, 1.165) is 59.4 Å². The van der Waals surface area contributed by atoms with Crippen LogP contribution in [0.5, 0.6) is 0 Å². The lowest BCUT2D eigenvalue weighted by Crippen LogP contribution is -2.29. The molecule has 2 heterocycles. The predicted octanol–water partition coefficient (Wildman–Crippen LogP) is 5.11. The molecule has 5 rings (SSSR count). The lowest BCUT2D eigenvalue weighted by atomic mass is 9.97. The van der Waals surface area contributed by atoms with E-state index in [9.17, 15) is 9.59 Å². The number of hydrogen-bond donors (Lipinski definition) is 4. The molecule has 2 aromatic carbocycles. The van der Waals surface area contributed by atoms with E-state index in [-0.39, 0.29) is 17.9 Å². The topological polar surface area (TPSA) is 109 Å². The van der Waals surface area contributed by atoms with Gasteiger partial charge in [-0.1, -0.05) is 18.6 Å². The molecule has 0 saturated heterocycles. The predicted molar refractivity (Wildman–Crippen MR) is 143 cm³/mol. The lowest BCUT2D eigenvalue weighted by Gasteiger charge is -2.21. The molecular weight excluding hydrogens is 450 g/mol. The van der Waals surface area contributed by atoms with Gasteiger partial charge < -0.3 is 21.7 Å². The summed E-state index contributed by atoms with van der Waals surface area (Å²) < 4.78 is 0. The molecule has 2 aliphatic rings. The number of rotatable bonds is 5. The van der Waals surface area contributed by atoms with Crippen molar-refractivity contribution in [3.63, 3.8) is 0 Å². The molecule has 3 aromatic rings. The zero-order chi connectivity index (χ0) is 25.1. The molecule has 1 fully saturated rings. The maximum Gasteiger partial charge on any atom is 0.251 e. The highest BCUT2D eigenvalue weighted by Gasteiger charge is 2.27. The highest BCUT2D eigenvalue weighted by Crippen LogP contribution is 2.42. The Balaban J connectivity index is 1.46. The Labute approximate surface area is 211 Å². The molecule has 1 aliphatic heterocycles. The van der Waals surface area contributed by atoms with E-state index in [0.29, 0.717) is 30.9 Å². The van der Waals surface area contributed by atoms with Gasteiger partial charge in [-0.2, -0.15) is 0 Å². The molecule has 0 spiro atoms. The normalized spacial score (nSPS) is 17.7. The second-order valence-electron chi connectivity index (χ2n) is 9.69. The van der Waals surface area contributed by atoms with E-state index in [2.05, 4.69) is 20.9 Å². The number of aromatic nitrogens is 1. The van der Waals surface area contributed by atoms with E-state index in [1.165, 1.54) is 5.56 Å². The summed E-state index contributed by atoms with van der Waals surface area (Å²) in [7, 11) is 1.86. The summed E-state index contributed by atoms with van der Waals surface area (Å²) in [4.78, 5) is 30.6. The van der Waals surface area contributed by atoms with Crippen LogP contribution in [0.2, 0.25) is 0 Å². The van der Waals surface area contributed by atoms with Crippen LogP contribution in [0.1, 0.15) is 77.7 Å². The minimum Gasteiger partial charge on any atom is -0.388 e. The van der Waals surface area contributed by atoms with E-state index in [1.54, 1.807) is 6.20 Å². The summed E-state index contributed by atoms with van der Waals surface area (Å²) in [5.74, 6) is 0.403. The van der Waals surface area contributed by atoms with Gasteiger partial charge in [0.05, 0.1) is 17.4 Å². The van der Waals surface area contributed by atoms with Crippen molar-refractivity contribution in [3.05, 3.63) is 77.1 Å². The van der Waals surface area contributed by atoms with Crippen LogP contribution in [0.25, 0.3) is 11.1 Å². The second kappa shape index (κ2) is 10.5. The van der Waals surface area contributed by atoms with Gasteiger partial charge >= 0.3 is 0 Å². The number of nitrogens with zero attached hydrogens (tertiary/aromatic N) is 1. The monoisotopic (exact) mass is 483 g/mol. The van der Waals surface area contributed by atoms with Crippen molar-refractivity contribution in [2.24, 2.45) is 5.73 Å². The summed E-state index contributed by atoms with van der Waals surface area (Å²) in [6, 6.07) is 15.5. The number of carbonyl (C=O) groups excluding carboxylic acids is 2. The SMILES string of the molecule is CNc1ccc2c(c1)NC(=O)CCCCC(NC(=O)c1ccc(CN)c(C3CC3)c1)c1cc-2ccn1. The zero-order valence-corrected chi connectivity index (χ0v) is 20.6. The van der Waals surface area contributed by atoms with Crippen molar-refractivity contribution in [2.75, 3.05) is 17.7 Å². The molecule has 1 aromatic heterocycles. The van der Waals surface area contributed by atoms with Gasteiger partial charge in [0.1, 0.15) is 0 Å². The number of hydrogen-bond acceptors (Lipinski definition) is 5. The molecule has 0 radical (unpaired) electrons. The number of nitrogens with two attached hydrogens (primary N) is 1. The third kappa shape index (κ3) is 5.26. The first-order valence-electron chi connectivity index (χ1n) is 12.8. The number of carbonyl (C=O) groups is 2. The number of anilines is 2. The lowest BCUT2D eigenvalue weighted by molar-refractivity contribution is -0.116. The van der Waals surface area contributed by atoms with Crippen LogP contribution < -0.4 is 21.7 Å². The van der Waals surface area contributed by atoms with Crippen LogP contribution in [0, 0.1) is 0 Å². The Hall–Kier alpha value is -3.71. The molecule has 7 nitrogen and oxygen atoms in total. The maximum absolute atomic E-state index is 13.4. The molecule has 7 heteroatoms. The Morgan fingerprint density at radius 3 is 2.72 bits per heavy atom. The molecule has 1 atom stereocenters. The van der Waals surface area contributed by atoms with Crippen LogP contribution in [0.3, 0.4) is 0 Å². The number of nitrogens with one attached hydrogen (secondary N) is 3. The van der Waals surface area contributed by atoms with Crippen molar-refractivity contribution < 1.29 is 9.59 Å². The quantitative estimate of drug-likeness (QED) is 0.403. The second-order valence-corrected chi connectivity index (χ2v) is 9.69. The van der Waals surface area contributed by atoms with Gasteiger partial charge in [0.15, 0.2) is 0 Å². The largest absolute Gasteiger partial charge is 0.388 e. The Morgan fingerprint density at radius 2 is 1.94 bits per heavy atom. The highest BCUT2D eigenvalue weighted by atomic mass is 16.2. The molecule has 1 saturated carbocycles. The third-order valence-electron chi connectivity index (χ3n) is 7.13. The van der Waals surface area contributed by atoms with Gasteiger partial charge in [-0.15, -0.1) is 0 Å². The number of amides is 2. The van der Waals surface area contributed by atoms with Crippen molar-refractivity contribution >= 4 is 23.2 Å². The van der Waals surface area contributed by atoms with Crippen molar-refractivity contribution in [3.8, 4) is 11.1 Å². The standard InChI is InChI=1S/C29H33N5O2/c1-31-22-10-11-23-19-12-13-32-27(15-19)25(4-2-3-5-28(35)33-26(23)16-22)34-29(36)20-8-9-21(17-30)24(14-20)18-6-7-18/h8-16,18,25,31H,2-7,17,30H2,1H3,(H,33,35)(H,34,36). The molecule has 36 heavy (non-hydrogen) atoms. The fourth-order valence-electron chi connectivity index (χ4n) is 4.94. The molecule has 1 aliphatic carbocycles. The van der Waals surface area contributed by atoms with Gasteiger partial charge in [-0.25, -0.2) is 0 Å². The van der Waals surface area contributed by atoms with Crippen molar-refractivity contribution in [2.45, 2.75) is 57.0 Å². The van der Waals surface area contributed by atoms with Crippen LogP contribution in [0.4, 0.5) is 11.4 Å². The van der Waals surface area contributed by atoms with Crippen molar-refractivity contribution in [1.82, 2.24) is 10.3 Å². The van der Waals surface area contributed by atoms with Gasteiger partial charge in [0.2, 0.25) is 5.91 Å². The van der Waals surface area contributed by atoms with E-state index in [4.69, 9.17) is 5.73 Å². The molecule has 186 valence electrons. The first-order chi connectivity index (χ1) is 17.6. The van der Waals surface area contributed by atoms with Crippen LogP contribution in [-0.2, 0) is 11.3 Å². The Morgan fingerprint density at radius 1 is 1.08 bits per heavy atom. The summed E-state index contributed by atoms with van der Waals surface area (Å²) >= 11 is 0. The first-order valence-corrected chi connectivity index (χ1v) is 12.8. The maximum atomic E-state index is 13.4. The van der Waals surface area contributed by atoms with Crippen LogP contribution >= 0.6 is 0 Å². The average Bonchev–Trinajstić information content (AvgIpc) is 3.75. The number of fused-ring (bicyclic) bond motifs is 4. The highest BCUT2D eigenvalue weighted by molar-refractivity contribution is 5.97. The zero-order valence-electron chi connectivity index (χ0n) is 20.6. The van der Waals surface area contributed by atoms with E-state index in [1.807, 2.05) is 55.6 Å². The summed E-state index contributed by atoms with van der Waals surface area (Å²) in [5.41, 5.74) is 13.3. The fourth-order valence-corrected chi connectivity index (χ4v) is 4.94. The first kappa shape index (κ1) is 24.0. The number of pyridine rings is 1. The molecular formula is C29H33N5O2. The minimum atomic E-state index is -0.251. The van der Waals surface area contributed by atoms with Gasteiger partial charge in [0.25, 0.3) is 5.91 Å². The van der Waals surface area contributed by atoms with Gasteiger partial charge in [-0.05, 0) is 84.7 Å². The fraction of sp³-hybridized carbons (Fsp3) is 0.345.